The van der Waals surface area contributed by atoms with Gasteiger partial charge < -0.3 is 14.5 Å². The molecule has 1 unspecified atom stereocenters. The maximum Gasteiger partial charge on any atom is 0.268 e. The second-order valence-corrected chi connectivity index (χ2v) is 7.29. The summed E-state index contributed by atoms with van der Waals surface area (Å²) in [7, 11) is 0. The molecule has 0 bridgehead atoms. The summed E-state index contributed by atoms with van der Waals surface area (Å²) in [4.78, 5) is 30.3. The summed E-state index contributed by atoms with van der Waals surface area (Å²) in [6, 6.07) is 0. The number of carbonyl (C=O) groups excluding carboxylic acids is 2. The van der Waals surface area contributed by atoms with Gasteiger partial charge in [0.1, 0.15) is 10.4 Å². The van der Waals surface area contributed by atoms with Crippen molar-refractivity contribution in [2.24, 2.45) is 0 Å². The summed E-state index contributed by atoms with van der Waals surface area (Å²) in [5.41, 5.74) is -0.0254. The molecule has 24 heavy (non-hydrogen) atoms. The van der Waals surface area contributed by atoms with Crippen LogP contribution < -0.4 is 0 Å². The van der Waals surface area contributed by atoms with Crippen molar-refractivity contribution in [3.05, 3.63) is 10.6 Å². The molecule has 0 aromatic carbocycles. The van der Waals surface area contributed by atoms with Gasteiger partial charge >= 0.3 is 0 Å². The number of likely N-dealkylation sites (tertiary alicyclic amines) is 1. The van der Waals surface area contributed by atoms with Crippen molar-refractivity contribution in [2.75, 3.05) is 32.8 Å². The molecule has 2 fully saturated rings. The van der Waals surface area contributed by atoms with E-state index in [-0.39, 0.29) is 11.8 Å². The Bertz CT molecular complexity index is 614. The second-order valence-electron chi connectivity index (χ2n) is 6.54. The Morgan fingerprint density at radius 1 is 1.29 bits per heavy atom. The van der Waals surface area contributed by atoms with E-state index in [0.29, 0.717) is 44.1 Å². The molecule has 8 heteroatoms. The van der Waals surface area contributed by atoms with Gasteiger partial charge in [0.05, 0.1) is 18.9 Å². The summed E-state index contributed by atoms with van der Waals surface area (Å²) in [6.07, 6.45) is 3.19. The summed E-state index contributed by atoms with van der Waals surface area (Å²) >= 11 is 1.14. The van der Waals surface area contributed by atoms with E-state index in [4.69, 9.17) is 4.74 Å². The smallest absolute Gasteiger partial charge is 0.268 e. The van der Waals surface area contributed by atoms with Crippen LogP contribution in [0.2, 0.25) is 0 Å². The lowest BCUT2D eigenvalue weighted by Crippen LogP contribution is -2.58. The zero-order chi connectivity index (χ0) is 17.2. The van der Waals surface area contributed by atoms with Crippen molar-refractivity contribution in [2.45, 2.75) is 45.1 Å². The number of aryl methyl sites for hydroxylation is 1. The number of amides is 2. The predicted octanol–water partition coefficient (Wildman–Crippen LogP) is 1.34. The van der Waals surface area contributed by atoms with Gasteiger partial charge in [-0.1, -0.05) is 17.8 Å². The first-order valence-electron chi connectivity index (χ1n) is 8.58. The van der Waals surface area contributed by atoms with Crippen LogP contribution >= 0.6 is 11.5 Å². The molecule has 0 radical (unpaired) electrons. The SMILES string of the molecule is CCCc1nnsc1C(=O)N1CCCC1(C)C(=O)N1CCOCC1. The van der Waals surface area contributed by atoms with E-state index in [2.05, 4.69) is 16.5 Å². The molecule has 0 N–H and O–H groups in total. The van der Waals surface area contributed by atoms with Gasteiger partial charge in [0.25, 0.3) is 5.91 Å². The summed E-state index contributed by atoms with van der Waals surface area (Å²) < 4.78 is 9.28. The average molecular weight is 352 g/mol. The first-order valence-corrected chi connectivity index (χ1v) is 9.35. The monoisotopic (exact) mass is 352 g/mol. The van der Waals surface area contributed by atoms with Gasteiger partial charge in [0.15, 0.2) is 0 Å². The van der Waals surface area contributed by atoms with Crippen LogP contribution in [0.5, 0.6) is 0 Å². The lowest BCUT2D eigenvalue weighted by molar-refractivity contribution is -0.144. The highest BCUT2D eigenvalue weighted by atomic mass is 32.1. The Hall–Kier alpha value is -1.54. The fourth-order valence-electron chi connectivity index (χ4n) is 3.51. The predicted molar refractivity (Wildman–Crippen MR) is 90.0 cm³/mol. The quantitative estimate of drug-likeness (QED) is 0.817. The molecule has 1 aromatic heterocycles. The number of rotatable bonds is 4. The number of aromatic nitrogens is 2. The number of nitrogens with zero attached hydrogens (tertiary/aromatic N) is 4. The van der Waals surface area contributed by atoms with Crippen LogP contribution in [0, 0.1) is 0 Å². The number of hydrogen-bond acceptors (Lipinski definition) is 6. The third kappa shape index (κ3) is 3.04. The summed E-state index contributed by atoms with van der Waals surface area (Å²) in [5, 5.41) is 4.09. The Morgan fingerprint density at radius 3 is 2.75 bits per heavy atom. The lowest BCUT2D eigenvalue weighted by Gasteiger charge is -2.39. The largest absolute Gasteiger partial charge is 0.378 e. The van der Waals surface area contributed by atoms with Crippen LogP contribution in [0.25, 0.3) is 0 Å². The lowest BCUT2D eigenvalue weighted by atomic mass is 9.96. The molecule has 2 amide bonds. The molecule has 1 atom stereocenters. The number of morpholine rings is 1. The maximum atomic E-state index is 13.1. The Morgan fingerprint density at radius 2 is 2.04 bits per heavy atom. The standard InChI is InChI=1S/C16H24N4O3S/c1-3-5-12-13(24-18-17-12)14(21)20-7-4-6-16(20,2)15(22)19-8-10-23-11-9-19/h3-11H2,1-2H3. The molecule has 3 heterocycles. The zero-order valence-electron chi connectivity index (χ0n) is 14.3. The van der Waals surface area contributed by atoms with Crippen molar-refractivity contribution in [1.82, 2.24) is 19.4 Å². The Kier molecular flexibility index (Phi) is 5.15. The van der Waals surface area contributed by atoms with Gasteiger partial charge in [-0.05, 0) is 37.7 Å². The van der Waals surface area contributed by atoms with Gasteiger partial charge in [0, 0.05) is 19.6 Å². The molecule has 0 saturated carbocycles. The topological polar surface area (TPSA) is 75.6 Å². The highest BCUT2D eigenvalue weighted by Gasteiger charge is 2.48. The van der Waals surface area contributed by atoms with Gasteiger partial charge in [0.2, 0.25) is 5.91 Å². The fourth-order valence-corrected chi connectivity index (χ4v) is 4.17. The van der Waals surface area contributed by atoms with E-state index < -0.39 is 5.54 Å². The van der Waals surface area contributed by atoms with E-state index in [1.165, 1.54) is 0 Å². The van der Waals surface area contributed by atoms with E-state index >= 15 is 0 Å². The van der Waals surface area contributed by atoms with E-state index in [0.717, 1.165) is 36.5 Å². The normalized spacial score (nSPS) is 24.4. The molecule has 2 saturated heterocycles. The van der Waals surface area contributed by atoms with Crippen LogP contribution in [-0.2, 0) is 16.0 Å². The minimum absolute atomic E-state index is 0.0335. The molecule has 2 aliphatic heterocycles. The number of hydrogen-bond donors (Lipinski definition) is 0. The van der Waals surface area contributed by atoms with Gasteiger partial charge in [-0.15, -0.1) is 5.10 Å². The minimum Gasteiger partial charge on any atom is -0.378 e. The van der Waals surface area contributed by atoms with E-state index in [1.54, 1.807) is 4.90 Å². The second kappa shape index (κ2) is 7.14. The summed E-state index contributed by atoms with van der Waals surface area (Å²) in [5.74, 6) is -0.0683. The molecule has 3 rings (SSSR count). The first-order chi connectivity index (χ1) is 11.6. The van der Waals surface area contributed by atoms with Crippen molar-refractivity contribution < 1.29 is 14.3 Å². The van der Waals surface area contributed by atoms with Gasteiger partial charge in [-0.25, -0.2) is 0 Å². The molecule has 0 spiro atoms. The molecule has 0 aliphatic carbocycles. The van der Waals surface area contributed by atoms with Gasteiger partial charge in [-0.2, -0.15) is 0 Å². The summed E-state index contributed by atoms with van der Waals surface area (Å²) in [6.45, 7) is 6.87. The van der Waals surface area contributed by atoms with Gasteiger partial charge in [-0.3, -0.25) is 9.59 Å². The van der Waals surface area contributed by atoms with Crippen molar-refractivity contribution in [3.63, 3.8) is 0 Å². The van der Waals surface area contributed by atoms with Crippen LogP contribution in [0.4, 0.5) is 0 Å². The third-order valence-electron chi connectivity index (χ3n) is 4.88. The molecule has 1 aromatic rings. The van der Waals surface area contributed by atoms with E-state index in [1.807, 2.05) is 11.8 Å². The molecule has 7 nitrogen and oxygen atoms in total. The minimum atomic E-state index is -0.776. The number of ether oxygens (including phenoxy) is 1. The fraction of sp³-hybridized carbons (Fsp3) is 0.750. The highest BCUT2D eigenvalue weighted by Crippen LogP contribution is 2.33. The molecular weight excluding hydrogens is 328 g/mol. The maximum absolute atomic E-state index is 13.1. The van der Waals surface area contributed by atoms with Crippen molar-refractivity contribution in [3.8, 4) is 0 Å². The van der Waals surface area contributed by atoms with Crippen molar-refractivity contribution >= 4 is 23.3 Å². The van der Waals surface area contributed by atoms with E-state index in [9.17, 15) is 9.59 Å². The number of carbonyl (C=O) groups is 2. The van der Waals surface area contributed by atoms with Crippen molar-refractivity contribution in [1.29, 1.82) is 0 Å². The Balaban J connectivity index is 1.82. The Labute approximate surface area is 146 Å². The zero-order valence-corrected chi connectivity index (χ0v) is 15.1. The third-order valence-corrected chi connectivity index (χ3v) is 5.64. The average Bonchev–Trinajstić information content (AvgIpc) is 3.22. The molecular formula is C16H24N4O3S. The van der Waals surface area contributed by atoms with Crippen LogP contribution in [-0.4, -0.2) is 69.6 Å². The van der Waals surface area contributed by atoms with Crippen LogP contribution in [0.3, 0.4) is 0 Å². The highest BCUT2D eigenvalue weighted by molar-refractivity contribution is 7.08. The van der Waals surface area contributed by atoms with Crippen LogP contribution in [0.1, 0.15) is 48.5 Å². The molecule has 2 aliphatic rings. The van der Waals surface area contributed by atoms with Crippen LogP contribution in [0.15, 0.2) is 0 Å². The first kappa shape index (κ1) is 17.3. The molecule has 132 valence electrons.